The van der Waals surface area contributed by atoms with Gasteiger partial charge in [0.05, 0.1) is 17.3 Å². The average Bonchev–Trinajstić information content (AvgIpc) is 3.68. The van der Waals surface area contributed by atoms with Crippen LogP contribution in [0.3, 0.4) is 0 Å². The largest absolute Gasteiger partial charge is 0.497 e. The minimum Gasteiger partial charge on any atom is -0.497 e. The Bertz CT molecular complexity index is 1940. The first kappa shape index (κ1) is 25.3. The van der Waals surface area contributed by atoms with Gasteiger partial charge in [0.15, 0.2) is 5.82 Å². The molecule has 0 saturated heterocycles. The Morgan fingerprint density at radius 2 is 1.77 bits per heavy atom. The molecular weight excluding hydrogens is 522 g/mol. The summed E-state index contributed by atoms with van der Waals surface area (Å²) in [6.07, 6.45) is 5.51. The number of benzene rings is 3. The van der Waals surface area contributed by atoms with Gasteiger partial charge >= 0.3 is 0 Å². The number of rotatable bonds is 8. The van der Waals surface area contributed by atoms with E-state index in [1.807, 2.05) is 96.7 Å². The predicted octanol–water partition coefficient (Wildman–Crippen LogP) is 5.10. The Morgan fingerprint density at radius 3 is 2.48 bits per heavy atom. The maximum atomic E-state index is 13.4. The third-order valence-electron chi connectivity index (χ3n) is 6.39. The highest BCUT2D eigenvalue weighted by molar-refractivity contribution is 7.15. The Labute approximate surface area is 234 Å². The topological polar surface area (TPSA) is 83.5 Å². The number of nitrogens with zero attached hydrogens (tertiary/aromatic N) is 5. The molecule has 3 aromatic heterocycles. The Hall–Kier alpha value is -5.02. The molecule has 0 amide bonds. The van der Waals surface area contributed by atoms with Gasteiger partial charge in [-0.3, -0.25) is 4.79 Å². The van der Waals surface area contributed by atoms with Crippen molar-refractivity contribution in [3.63, 3.8) is 0 Å². The number of methoxy groups -OCH3 is 1. The molecule has 0 radical (unpaired) electrons. The van der Waals surface area contributed by atoms with E-state index in [-0.39, 0.29) is 5.56 Å². The van der Waals surface area contributed by atoms with Crippen molar-refractivity contribution < 1.29 is 9.47 Å². The van der Waals surface area contributed by atoms with Crippen LogP contribution < -0.4 is 19.6 Å². The van der Waals surface area contributed by atoms with E-state index >= 15 is 0 Å². The minimum absolute atomic E-state index is 0.227. The van der Waals surface area contributed by atoms with E-state index in [1.165, 1.54) is 15.9 Å². The van der Waals surface area contributed by atoms with Crippen LogP contribution in [0.4, 0.5) is 0 Å². The summed E-state index contributed by atoms with van der Waals surface area (Å²) in [7, 11) is 1.62. The first-order valence-corrected chi connectivity index (χ1v) is 13.4. The van der Waals surface area contributed by atoms with E-state index in [0.717, 1.165) is 45.1 Å². The predicted molar refractivity (Wildman–Crippen MR) is 157 cm³/mol. The fraction of sp³-hybridized carbons (Fsp3) is 0.0968. The molecule has 198 valence electrons. The van der Waals surface area contributed by atoms with Crippen molar-refractivity contribution in [2.75, 3.05) is 13.7 Å². The van der Waals surface area contributed by atoms with Gasteiger partial charge in [0.2, 0.25) is 4.96 Å². The van der Waals surface area contributed by atoms with Crippen LogP contribution in [0.5, 0.6) is 11.5 Å². The van der Waals surface area contributed by atoms with E-state index in [0.29, 0.717) is 21.9 Å². The molecule has 9 heteroatoms. The second-order valence-electron chi connectivity index (χ2n) is 9.07. The smallest absolute Gasteiger partial charge is 0.291 e. The SMILES string of the molecule is C=CCOc1ccc(-c2nn(-c3ccccc3)cc2/C=c2\sc3nc(-c4ccc(OC)cc4)nn3c2=O)cc1C. The Morgan fingerprint density at radius 1 is 1.00 bits per heavy atom. The fourth-order valence-electron chi connectivity index (χ4n) is 4.37. The number of hydrogen-bond donors (Lipinski definition) is 0. The van der Waals surface area contributed by atoms with Gasteiger partial charge in [-0.2, -0.15) is 14.6 Å². The van der Waals surface area contributed by atoms with Crippen LogP contribution in [0.25, 0.3) is 39.4 Å². The second-order valence-corrected chi connectivity index (χ2v) is 10.1. The van der Waals surface area contributed by atoms with Gasteiger partial charge in [-0.25, -0.2) is 4.68 Å². The monoisotopic (exact) mass is 547 g/mol. The van der Waals surface area contributed by atoms with Gasteiger partial charge in [0, 0.05) is 22.9 Å². The molecule has 6 rings (SSSR count). The summed E-state index contributed by atoms with van der Waals surface area (Å²) < 4.78 is 14.7. The summed E-state index contributed by atoms with van der Waals surface area (Å²) in [6.45, 7) is 6.15. The summed E-state index contributed by atoms with van der Waals surface area (Å²) in [4.78, 5) is 18.5. The highest BCUT2D eigenvalue weighted by Crippen LogP contribution is 2.29. The third kappa shape index (κ3) is 4.78. The molecule has 40 heavy (non-hydrogen) atoms. The molecule has 0 spiro atoms. The average molecular weight is 548 g/mol. The molecule has 8 nitrogen and oxygen atoms in total. The molecule has 0 bridgehead atoms. The molecule has 0 unspecified atom stereocenters. The molecule has 0 aliphatic rings. The van der Waals surface area contributed by atoms with Crippen LogP contribution in [-0.2, 0) is 0 Å². The zero-order valence-corrected chi connectivity index (χ0v) is 22.8. The quantitative estimate of drug-likeness (QED) is 0.247. The van der Waals surface area contributed by atoms with E-state index in [1.54, 1.807) is 13.2 Å². The van der Waals surface area contributed by atoms with E-state index in [2.05, 4.69) is 16.7 Å². The molecule has 0 aliphatic carbocycles. The third-order valence-corrected chi connectivity index (χ3v) is 7.34. The van der Waals surface area contributed by atoms with Gasteiger partial charge in [0.1, 0.15) is 23.8 Å². The standard InChI is InChI=1S/C31H25N5O3S/c1-4-16-39-26-15-12-22(17-20(26)2)28-23(19-35(33-28)24-8-6-5-7-9-24)18-27-30(37)36-31(40-27)32-29(34-36)21-10-13-25(38-3)14-11-21/h4-15,17-19H,1,16H2,2-3H3/b27-18-. The molecule has 6 aromatic rings. The van der Waals surface area contributed by atoms with Crippen molar-refractivity contribution >= 4 is 22.4 Å². The number of thiazole rings is 1. The van der Waals surface area contributed by atoms with Crippen molar-refractivity contribution in [3.05, 3.63) is 118 Å². The normalized spacial score (nSPS) is 11.7. The lowest BCUT2D eigenvalue weighted by molar-refractivity contribution is 0.361. The zero-order valence-electron chi connectivity index (χ0n) is 21.9. The lowest BCUT2D eigenvalue weighted by atomic mass is 10.0. The number of fused-ring (bicyclic) bond motifs is 1. The van der Waals surface area contributed by atoms with Crippen LogP contribution in [0.15, 0.2) is 96.4 Å². The molecule has 0 atom stereocenters. The highest BCUT2D eigenvalue weighted by Gasteiger charge is 2.16. The zero-order chi connectivity index (χ0) is 27.6. The lowest BCUT2D eigenvalue weighted by Crippen LogP contribution is -2.23. The first-order chi connectivity index (χ1) is 19.5. The van der Waals surface area contributed by atoms with Gasteiger partial charge in [-0.15, -0.1) is 5.10 Å². The summed E-state index contributed by atoms with van der Waals surface area (Å²) in [5.74, 6) is 2.02. The summed E-state index contributed by atoms with van der Waals surface area (Å²) in [5, 5.41) is 9.38. The van der Waals surface area contributed by atoms with Crippen molar-refractivity contribution in [1.82, 2.24) is 24.4 Å². The van der Waals surface area contributed by atoms with Crippen LogP contribution in [0.1, 0.15) is 11.1 Å². The van der Waals surface area contributed by atoms with E-state index < -0.39 is 0 Å². The number of ether oxygens (including phenoxy) is 2. The van der Waals surface area contributed by atoms with Crippen molar-refractivity contribution in [2.24, 2.45) is 0 Å². The van der Waals surface area contributed by atoms with Crippen molar-refractivity contribution in [3.8, 4) is 39.8 Å². The number of para-hydroxylation sites is 1. The Kier molecular flexibility index (Phi) is 6.71. The summed E-state index contributed by atoms with van der Waals surface area (Å²) in [6, 6.07) is 23.2. The highest BCUT2D eigenvalue weighted by atomic mass is 32.1. The molecule has 3 aromatic carbocycles. The lowest BCUT2D eigenvalue weighted by Gasteiger charge is -2.08. The Balaban J connectivity index is 1.44. The van der Waals surface area contributed by atoms with Gasteiger partial charge in [0.25, 0.3) is 5.56 Å². The molecule has 3 heterocycles. The summed E-state index contributed by atoms with van der Waals surface area (Å²) >= 11 is 1.30. The molecular formula is C31H25N5O3S. The van der Waals surface area contributed by atoms with E-state index in [4.69, 9.17) is 14.6 Å². The number of aryl methyl sites for hydroxylation is 1. The van der Waals surface area contributed by atoms with Crippen molar-refractivity contribution in [2.45, 2.75) is 6.92 Å². The molecule has 0 fully saturated rings. The number of hydrogen-bond acceptors (Lipinski definition) is 7. The number of aromatic nitrogens is 5. The molecule has 0 aliphatic heterocycles. The van der Waals surface area contributed by atoms with Crippen LogP contribution in [0, 0.1) is 6.92 Å². The minimum atomic E-state index is -0.227. The first-order valence-electron chi connectivity index (χ1n) is 12.6. The van der Waals surface area contributed by atoms with Crippen molar-refractivity contribution in [1.29, 1.82) is 0 Å². The molecule has 0 saturated carbocycles. The van der Waals surface area contributed by atoms with Crippen LogP contribution >= 0.6 is 11.3 Å². The van der Waals surface area contributed by atoms with Crippen LogP contribution in [-0.4, -0.2) is 38.1 Å². The van der Waals surface area contributed by atoms with Crippen LogP contribution in [0.2, 0.25) is 0 Å². The fourth-order valence-corrected chi connectivity index (χ4v) is 5.27. The van der Waals surface area contributed by atoms with E-state index in [9.17, 15) is 4.79 Å². The maximum absolute atomic E-state index is 13.4. The molecule has 0 N–H and O–H groups in total. The van der Waals surface area contributed by atoms with Gasteiger partial charge < -0.3 is 9.47 Å². The maximum Gasteiger partial charge on any atom is 0.291 e. The van der Waals surface area contributed by atoms with Gasteiger partial charge in [-0.1, -0.05) is 42.2 Å². The second kappa shape index (κ2) is 10.6. The summed E-state index contributed by atoms with van der Waals surface area (Å²) in [5.41, 5.74) is 4.95. The van der Waals surface area contributed by atoms with Gasteiger partial charge in [-0.05, 0) is 73.2 Å².